The van der Waals surface area contributed by atoms with Gasteiger partial charge in [-0.25, -0.2) is 0 Å². The van der Waals surface area contributed by atoms with Crippen LogP contribution in [0.1, 0.15) is 16.1 Å². The fourth-order valence-electron chi connectivity index (χ4n) is 1.55. The van der Waals surface area contributed by atoms with Crippen molar-refractivity contribution in [1.29, 1.82) is 0 Å². The Morgan fingerprint density at radius 1 is 1.29 bits per heavy atom. The summed E-state index contributed by atoms with van der Waals surface area (Å²) in [6, 6.07) is 8.53. The van der Waals surface area contributed by atoms with E-state index in [2.05, 4.69) is 26.8 Å². The lowest BCUT2D eigenvalue weighted by Gasteiger charge is -2.10. The summed E-state index contributed by atoms with van der Waals surface area (Å²) in [6.45, 7) is 1.66. The molecule has 0 unspecified atom stereocenters. The lowest BCUT2D eigenvalue weighted by atomic mass is 10.2. The van der Waals surface area contributed by atoms with E-state index in [1.54, 1.807) is 12.1 Å². The van der Waals surface area contributed by atoms with Crippen LogP contribution >= 0.6 is 15.9 Å². The largest absolute Gasteiger partial charge is 0.483 e. The molecule has 1 aromatic carbocycles. The van der Waals surface area contributed by atoms with Gasteiger partial charge in [0.15, 0.2) is 12.4 Å². The minimum Gasteiger partial charge on any atom is -0.483 e. The molecular weight excluding hydrogens is 340 g/mol. The molecule has 110 valence electrons. The monoisotopic (exact) mass is 352 g/mol. The Hall–Kier alpha value is -2.28. The number of carbonyl (C=O) groups excluding carboxylic acids is 2. The molecule has 1 aromatic heterocycles. The quantitative estimate of drug-likeness (QED) is 0.826. The zero-order valence-electron chi connectivity index (χ0n) is 11.2. The number of nitrogens with one attached hydrogen (secondary N) is 2. The van der Waals surface area contributed by atoms with E-state index >= 15 is 0 Å². The van der Waals surface area contributed by atoms with Crippen molar-refractivity contribution < 1.29 is 18.7 Å². The second kappa shape index (κ2) is 6.94. The fraction of sp³-hybridized carbons (Fsp3) is 0.143. The molecule has 0 radical (unpaired) electrons. The molecule has 2 N–H and O–H groups in total. The Balaban J connectivity index is 1.78. The second-order valence-electron chi connectivity index (χ2n) is 4.18. The van der Waals surface area contributed by atoms with Crippen LogP contribution in [-0.4, -0.2) is 18.4 Å². The molecule has 0 spiro atoms. The van der Waals surface area contributed by atoms with E-state index in [0.717, 1.165) is 10.0 Å². The van der Waals surface area contributed by atoms with Crippen molar-refractivity contribution in [1.82, 2.24) is 10.9 Å². The van der Waals surface area contributed by atoms with E-state index in [9.17, 15) is 9.59 Å². The van der Waals surface area contributed by atoms with Crippen LogP contribution in [0.15, 0.2) is 45.5 Å². The lowest BCUT2D eigenvalue weighted by Crippen LogP contribution is -2.43. The van der Waals surface area contributed by atoms with Gasteiger partial charge in [0, 0.05) is 4.47 Å². The zero-order valence-corrected chi connectivity index (χ0v) is 12.8. The number of hydrogen-bond acceptors (Lipinski definition) is 4. The number of hydrogen-bond donors (Lipinski definition) is 2. The molecule has 0 aliphatic rings. The van der Waals surface area contributed by atoms with Gasteiger partial charge in [0.2, 0.25) is 0 Å². The molecule has 0 saturated carbocycles. The maximum Gasteiger partial charge on any atom is 0.305 e. The highest BCUT2D eigenvalue weighted by Crippen LogP contribution is 2.21. The normalized spacial score (nSPS) is 10.0. The van der Waals surface area contributed by atoms with Crippen molar-refractivity contribution in [2.45, 2.75) is 6.92 Å². The minimum absolute atomic E-state index is 0.111. The minimum atomic E-state index is -0.534. The molecule has 2 rings (SSSR count). The Kier molecular flexibility index (Phi) is 4.99. The number of benzene rings is 1. The average molecular weight is 353 g/mol. The van der Waals surface area contributed by atoms with Crippen molar-refractivity contribution in [2.24, 2.45) is 0 Å². The topological polar surface area (TPSA) is 80.6 Å². The summed E-state index contributed by atoms with van der Waals surface area (Å²) >= 11 is 3.34. The van der Waals surface area contributed by atoms with Crippen LogP contribution in [0.4, 0.5) is 0 Å². The third-order valence-corrected chi connectivity index (χ3v) is 3.05. The van der Waals surface area contributed by atoms with Crippen LogP contribution in [0, 0.1) is 6.92 Å². The van der Waals surface area contributed by atoms with Crippen LogP contribution in [-0.2, 0) is 4.79 Å². The van der Waals surface area contributed by atoms with E-state index in [-0.39, 0.29) is 12.4 Å². The maximum absolute atomic E-state index is 11.6. The highest BCUT2D eigenvalue weighted by molar-refractivity contribution is 9.10. The predicted octanol–water partition coefficient (Wildman–Crippen LogP) is 2.19. The fourth-order valence-corrected chi connectivity index (χ4v) is 2.03. The molecule has 0 aliphatic heterocycles. The summed E-state index contributed by atoms with van der Waals surface area (Å²) in [6.07, 6.45) is 1.37. The first-order chi connectivity index (χ1) is 10.1. The standard InChI is InChI=1S/C14H13BrN2O4/c1-9-7-10(15)4-5-11(9)21-8-13(18)16-17-14(19)12-3-2-6-20-12/h2-7H,8H2,1H3,(H,16,18)(H,17,19). The molecule has 0 saturated heterocycles. The van der Waals surface area contributed by atoms with Crippen molar-refractivity contribution in [2.75, 3.05) is 6.61 Å². The van der Waals surface area contributed by atoms with Gasteiger partial charge >= 0.3 is 5.91 Å². The van der Waals surface area contributed by atoms with E-state index in [0.29, 0.717) is 5.75 Å². The molecule has 0 aliphatic carbocycles. The molecule has 21 heavy (non-hydrogen) atoms. The smallest absolute Gasteiger partial charge is 0.305 e. The van der Waals surface area contributed by atoms with Gasteiger partial charge in [-0.15, -0.1) is 0 Å². The Morgan fingerprint density at radius 2 is 2.10 bits per heavy atom. The Morgan fingerprint density at radius 3 is 2.76 bits per heavy atom. The van der Waals surface area contributed by atoms with Crippen molar-refractivity contribution in [3.8, 4) is 5.75 Å². The maximum atomic E-state index is 11.6. The number of halogens is 1. The summed E-state index contributed by atoms with van der Waals surface area (Å²) in [5.41, 5.74) is 5.36. The Labute approximate surface area is 129 Å². The summed E-state index contributed by atoms with van der Waals surface area (Å²) < 4.78 is 11.2. The number of ether oxygens (including phenoxy) is 1. The van der Waals surface area contributed by atoms with Gasteiger partial charge in [-0.05, 0) is 42.8 Å². The Bertz CT molecular complexity index is 640. The molecule has 2 aromatic rings. The average Bonchev–Trinajstić information content (AvgIpc) is 2.98. The van der Waals surface area contributed by atoms with Crippen LogP contribution in [0.3, 0.4) is 0 Å². The van der Waals surface area contributed by atoms with Crippen molar-refractivity contribution in [3.63, 3.8) is 0 Å². The summed E-state index contributed by atoms with van der Waals surface area (Å²) in [4.78, 5) is 23.1. The van der Waals surface area contributed by atoms with Gasteiger partial charge in [0.1, 0.15) is 5.75 Å². The van der Waals surface area contributed by atoms with Gasteiger partial charge in [-0.3, -0.25) is 20.4 Å². The summed E-state index contributed by atoms with van der Waals surface area (Å²) in [5.74, 6) is -0.295. The van der Waals surface area contributed by atoms with E-state index < -0.39 is 11.8 Å². The number of aryl methyl sites for hydroxylation is 1. The van der Waals surface area contributed by atoms with Crippen LogP contribution < -0.4 is 15.6 Å². The molecule has 0 bridgehead atoms. The first kappa shape index (κ1) is 15.1. The molecule has 0 atom stereocenters. The van der Waals surface area contributed by atoms with Crippen LogP contribution in [0.2, 0.25) is 0 Å². The van der Waals surface area contributed by atoms with Crippen molar-refractivity contribution in [3.05, 3.63) is 52.4 Å². The van der Waals surface area contributed by atoms with Gasteiger partial charge in [-0.1, -0.05) is 15.9 Å². The van der Waals surface area contributed by atoms with E-state index in [1.165, 1.54) is 12.3 Å². The number of amides is 2. The summed E-state index contributed by atoms with van der Waals surface area (Å²) in [5, 5.41) is 0. The highest BCUT2D eigenvalue weighted by Gasteiger charge is 2.10. The van der Waals surface area contributed by atoms with Gasteiger partial charge in [-0.2, -0.15) is 0 Å². The van der Waals surface area contributed by atoms with E-state index in [1.807, 2.05) is 19.1 Å². The molecule has 1 heterocycles. The third-order valence-electron chi connectivity index (χ3n) is 2.56. The molecule has 7 heteroatoms. The van der Waals surface area contributed by atoms with Gasteiger partial charge in [0.25, 0.3) is 5.91 Å². The van der Waals surface area contributed by atoms with E-state index in [4.69, 9.17) is 9.15 Å². The SMILES string of the molecule is Cc1cc(Br)ccc1OCC(=O)NNC(=O)c1ccco1. The number of rotatable bonds is 4. The number of carbonyl (C=O) groups is 2. The molecule has 2 amide bonds. The predicted molar refractivity (Wildman–Crippen MR) is 78.7 cm³/mol. The van der Waals surface area contributed by atoms with Crippen LogP contribution in [0.5, 0.6) is 5.75 Å². The highest BCUT2D eigenvalue weighted by atomic mass is 79.9. The zero-order chi connectivity index (χ0) is 15.2. The first-order valence-electron chi connectivity index (χ1n) is 6.08. The summed E-state index contributed by atoms with van der Waals surface area (Å²) in [7, 11) is 0. The molecular formula is C14H13BrN2O4. The van der Waals surface area contributed by atoms with Gasteiger partial charge in [0.05, 0.1) is 6.26 Å². The number of hydrazine groups is 1. The first-order valence-corrected chi connectivity index (χ1v) is 6.87. The molecule has 0 fully saturated rings. The lowest BCUT2D eigenvalue weighted by molar-refractivity contribution is -0.123. The van der Waals surface area contributed by atoms with Crippen LogP contribution in [0.25, 0.3) is 0 Å². The third kappa shape index (κ3) is 4.35. The van der Waals surface area contributed by atoms with Gasteiger partial charge < -0.3 is 9.15 Å². The number of furan rings is 1. The second-order valence-corrected chi connectivity index (χ2v) is 5.09. The molecule has 6 nitrogen and oxygen atoms in total. The van der Waals surface area contributed by atoms with Crippen molar-refractivity contribution >= 4 is 27.7 Å².